The Kier molecular flexibility index (Phi) is 5.04. The van der Waals surface area contributed by atoms with E-state index in [0.29, 0.717) is 5.69 Å². The van der Waals surface area contributed by atoms with Crippen LogP contribution in [0.1, 0.15) is 38.2 Å². The number of benzene rings is 1. The Bertz CT molecular complexity index is 511. The lowest BCUT2D eigenvalue weighted by molar-refractivity contribution is -0.137. The lowest BCUT2D eigenvalue weighted by Crippen LogP contribution is -2.41. The number of carbonyl (C=O) groups is 1. The monoisotopic (exact) mass is 294 g/mol. The van der Waals surface area contributed by atoms with E-state index in [0.717, 1.165) is 44.3 Å². The maximum Gasteiger partial charge on any atom is 0.263 e. The average molecular weight is 294 g/mol. The number of nitrogen functional groups attached to an aromatic ring is 1. The SMILES string of the molecule is Cc1cc(OC(C)C(=O)N2CCCCCC2)c(F)cc1N. The number of likely N-dealkylation sites (tertiary alicyclic amines) is 1. The number of hydrogen-bond acceptors (Lipinski definition) is 3. The van der Waals surface area contributed by atoms with Gasteiger partial charge in [-0.1, -0.05) is 12.8 Å². The molecule has 1 aliphatic rings. The highest BCUT2D eigenvalue weighted by Crippen LogP contribution is 2.25. The molecule has 5 heteroatoms. The van der Waals surface area contributed by atoms with Crippen LogP contribution in [0.5, 0.6) is 5.75 Å². The third-order valence-electron chi connectivity index (χ3n) is 3.89. The molecule has 2 rings (SSSR count). The Balaban J connectivity index is 2.04. The standard InChI is InChI=1S/C16H23FN2O2/c1-11-9-15(13(17)10-14(11)18)21-12(2)16(20)19-7-5-3-4-6-8-19/h9-10,12H,3-8,18H2,1-2H3. The van der Waals surface area contributed by atoms with Crippen LogP contribution >= 0.6 is 0 Å². The van der Waals surface area contributed by atoms with Gasteiger partial charge in [0, 0.05) is 24.8 Å². The summed E-state index contributed by atoms with van der Waals surface area (Å²) in [5.41, 5.74) is 6.76. The second-order valence-electron chi connectivity index (χ2n) is 5.64. The normalized spacial score (nSPS) is 17.2. The van der Waals surface area contributed by atoms with Crippen LogP contribution in [0.4, 0.5) is 10.1 Å². The number of ether oxygens (including phenoxy) is 1. The van der Waals surface area contributed by atoms with Gasteiger partial charge in [-0.05, 0) is 38.3 Å². The minimum absolute atomic E-state index is 0.0780. The average Bonchev–Trinajstić information content (AvgIpc) is 2.72. The molecule has 1 aromatic rings. The van der Waals surface area contributed by atoms with Gasteiger partial charge >= 0.3 is 0 Å². The van der Waals surface area contributed by atoms with Gasteiger partial charge in [0.25, 0.3) is 5.91 Å². The van der Waals surface area contributed by atoms with E-state index in [2.05, 4.69) is 0 Å². The van der Waals surface area contributed by atoms with Gasteiger partial charge in [-0.15, -0.1) is 0 Å². The number of anilines is 1. The summed E-state index contributed by atoms with van der Waals surface area (Å²) in [6, 6.07) is 2.77. The minimum atomic E-state index is -0.694. The molecular weight excluding hydrogens is 271 g/mol. The zero-order valence-electron chi connectivity index (χ0n) is 12.7. The predicted molar refractivity (Wildman–Crippen MR) is 80.7 cm³/mol. The molecule has 1 aliphatic heterocycles. The molecule has 4 nitrogen and oxygen atoms in total. The number of nitrogens with two attached hydrogens (primary N) is 1. The molecule has 21 heavy (non-hydrogen) atoms. The molecule has 1 unspecified atom stereocenters. The van der Waals surface area contributed by atoms with Crippen LogP contribution in [0.25, 0.3) is 0 Å². The van der Waals surface area contributed by atoms with Crippen molar-refractivity contribution in [3.63, 3.8) is 0 Å². The summed E-state index contributed by atoms with van der Waals surface area (Å²) in [6.07, 6.45) is 3.66. The topological polar surface area (TPSA) is 55.6 Å². The maximum absolute atomic E-state index is 13.8. The van der Waals surface area contributed by atoms with E-state index in [9.17, 15) is 9.18 Å². The maximum atomic E-state index is 13.8. The third-order valence-corrected chi connectivity index (χ3v) is 3.89. The van der Waals surface area contributed by atoms with Gasteiger partial charge in [0.15, 0.2) is 17.7 Å². The van der Waals surface area contributed by atoms with Gasteiger partial charge in [0.1, 0.15) is 0 Å². The van der Waals surface area contributed by atoms with Crippen molar-refractivity contribution in [2.24, 2.45) is 0 Å². The molecule has 116 valence electrons. The highest BCUT2D eigenvalue weighted by Gasteiger charge is 2.23. The quantitative estimate of drug-likeness (QED) is 0.872. The molecule has 0 saturated carbocycles. The smallest absolute Gasteiger partial charge is 0.263 e. The fourth-order valence-corrected chi connectivity index (χ4v) is 2.55. The number of carbonyl (C=O) groups excluding carboxylic acids is 1. The summed E-state index contributed by atoms with van der Waals surface area (Å²) in [5.74, 6) is -0.531. The molecule has 1 atom stereocenters. The first-order chi connectivity index (χ1) is 9.99. The zero-order chi connectivity index (χ0) is 15.4. The fraction of sp³-hybridized carbons (Fsp3) is 0.562. The lowest BCUT2D eigenvalue weighted by atomic mass is 10.2. The Morgan fingerprint density at radius 1 is 1.29 bits per heavy atom. The van der Waals surface area contributed by atoms with Crippen LogP contribution in [0, 0.1) is 12.7 Å². The van der Waals surface area contributed by atoms with Crippen molar-refractivity contribution in [2.45, 2.75) is 45.6 Å². The van der Waals surface area contributed by atoms with E-state index in [-0.39, 0.29) is 11.7 Å². The molecule has 0 aromatic heterocycles. The van der Waals surface area contributed by atoms with Gasteiger partial charge in [0.05, 0.1) is 0 Å². The largest absolute Gasteiger partial charge is 0.478 e. The van der Waals surface area contributed by atoms with E-state index in [1.54, 1.807) is 13.8 Å². The molecule has 1 aromatic carbocycles. The molecule has 1 amide bonds. The summed E-state index contributed by atoms with van der Waals surface area (Å²) < 4.78 is 19.3. The molecule has 0 radical (unpaired) electrons. The van der Waals surface area contributed by atoms with E-state index < -0.39 is 11.9 Å². The van der Waals surface area contributed by atoms with Crippen LogP contribution in [-0.4, -0.2) is 30.0 Å². The number of rotatable bonds is 3. The Hall–Kier alpha value is -1.78. The predicted octanol–water partition coefficient (Wildman–Crippen LogP) is 2.89. The van der Waals surface area contributed by atoms with Crippen LogP contribution < -0.4 is 10.5 Å². The van der Waals surface area contributed by atoms with Crippen molar-refractivity contribution in [3.8, 4) is 5.75 Å². The molecule has 0 spiro atoms. The Labute approximate surface area is 125 Å². The molecule has 2 N–H and O–H groups in total. The second-order valence-corrected chi connectivity index (χ2v) is 5.64. The highest BCUT2D eigenvalue weighted by molar-refractivity contribution is 5.81. The summed E-state index contributed by atoms with van der Waals surface area (Å²) in [7, 11) is 0. The number of halogens is 1. The van der Waals surface area contributed by atoms with Crippen LogP contribution in [0.3, 0.4) is 0 Å². The summed E-state index contributed by atoms with van der Waals surface area (Å²) in [5, 5.41) is 0. The molecular formula is C16H23FN2O2. The highest BCUT2D eigenvalue weighted by atomic mass is 19.1. The molecule has 1 fully saturated rings. The first-order valence-electron chi connectivity index (χ1n) is 7.50. The van der Waals surface area contributed by atoms with Gasteiger partial charge in [0.2, 0.25) is 0 Å². The number of amides is 1. The van der Waals surface area contributed by atoms with Crippen molar-refractivity contribution < 1.29 is 13.9 Å². The molecule has 1 saturated heterocycles. The lowest BCUT2D eigenvalue weighted by Gasteiger charge is -2.24. The number of hydrogen-bond donors (Lipinski definition) is 1. The van der Waals surface area contributed by atoms with Gasteiger partial charge in [-0.2, -0.15) is 0 Å². The summed E-state index contributed by atoms with van der Waals surface area (Å²) >= 11 is 0. The van der Waals surface area contributed by atoms with Crippen molar-refractivity contribution in [3.05, 3.63) is 23.5 Å². The second kappa shape index (κ2) is 6.78. The van der Waals surface area contributed by atoms with Crippen LogP contribution in [-0.2, 0) is 4.79 Å². The molecule has 0 bridgehead atoms. The van der Waals surface area contributed by atoms with Gasteiger partial charge in [-0.3, -0.25) is 4.79 Å². The first-order valence-corrected chi connectivity index (χ1v) is 7.50. The van der Waals surface area contributed by atoms with E-state index >= 15 is 0 Å². The molecule has 1 heterocycles. The van der Waals surface area contributed by atoms with Gasteiger partial charge in [-0.25, -0.2) is 4.39 Å². The summed E-state index contributed by atoms with van der Waals surface area (Å²) in [6.45, 7) is 4.97. The molecule has 0 aliphatic carbocycles. The first kappa shape index (κ1) is 15.6. The summed E-state index contributed by atoms with van der Waals surface area (Å²) in [4.78, 5) is 14.2. The van der Waals surface area contributed by atoms with Crippen LogP contribution in [0.2, 0.25) is 0 Å². The van der Waals surface area contributed by atoms with E-state index in [1.807, 2.05) is 4.90 Å². The van der Waals surface area contributed by atoms with E-state index in [1.165, 1.54) is 12.1 Å². The van der Waals surface area contributed by atoms with E-state index in [4.69, 9.17) is 10.5 Å². The van der Waals surface area contributed by atoms with Crippen LogP contribution in [0.15, 0.2) is 12.1 Å². The zero-order valence-corrected chi connectivity index (χ0v) is 12.7. The fourth-order valence-electron chi connectivity index (χ4n) is 2.55. The Morgan fingerprint density at radius 3 is 2.52 bits per heavy atom. The number of nitrogens with zero attached hydrogens (tertiary/aromatic N) is 1. The Morgan fingerprint density at radius 2 is 1.90 bits per heavy atom. The van der Waals surface area contributed by atoms with Gasteiger partial charge < -0.3 is 15.4 Å². The van der Waals surface area contributed by atoms with Crippen molar-refractivity contribution >= 4 is 11.6 Å². The van der Waals surface area contributed by atoms with Crippen molar-refractivity contribution in [1.82, 2.24) is 4.90 Å². The third kappa shape index (κ3) is 3.86. The van der Waals surface area contributed by atoms with Crippen molar-refractivity contribution in [2.75, 3.05) is 18.8 Å². The van der Waals surface area contributed by atoms with Crippen molar-refractivity contribution in [1.29, 1.82) is 0 Å². The minimum Gasteiger partial charge on any atom is -0.478 e. The number of aryl methyl sites for hydroxylation is 1.